The largest absolute Gasteiger partial charge is 0.497 e. The monoisotopic (exact) mass is 285 g/mol. The molecule has 0 amide bonds. The molecular weight excluding hydrogens is 262 g/mol. The van der Waals surface area contributed by atoms with Crippen LogP contribution < -0.4 is 15.0 Å². The van der Waals surface area contributed by atoms with Crippen molar-refractivity contribution in [3.63, 3.8) is 0 Å². The Bertz CT molecular complexity index is 608. The molecule has 0 saturated carbocycles. The van der Waals surface area contributed by atoms with Crippen molar-refractivity contribution >= 4 is 16.6 Å². The van der Waals surface area contributed by atoms with Gasteiger partial charge in [0.25, 0.3) is 0 Å². The van der Waals surface area contributed by atoms with E-state index >= 15 is 0 Å². The van der Waals surface area contributed by atoms with Gasteiger partial charge < -0.3 is 15.0 Å². The van der Waals surface area contributed by atoms with E-state index in [0.29, 0.717) is 0 Å². The summed E-state index contributed by atoms with van der Waals surface area (Å²) in [6.45, 7) is 3.34. The molecule has 0 radical (unpaired) electrons. The van der Waals surface area contributed by atoms with E-state index in [-0.39, 0.29) is 0 Å². The third-order valence-electron chi connectivity index (χ3n) is 4.30. The maximum atomic E-state index is 5.30. The molecule has 1 N–H and O–H groups in total. The molecule has 1 aromatic heterocycles. The van der Waals surface area contributed by atoms with Crippen molar-refractivity contribution in [2.45, 2.75) is 12.8 Å². The summed E-state index contributed by atoms with van der Waals surface area (Å²) in [6.07, 6.45) is 4.39. The summed E-state index contributed by atoms with van der Waals surface area (Å²) in [5.41, 5.74) is 0. The SMILES string of the molecule is COc1ccc2c(N(C)CC3CCNCC3)nccc2c1. The fraction of sp³-hybridized carbons (Fsp3) is 0.471. The molecule has 21 heavy (non-hydrogen) atoms. The normalized spacial score (nSPS) is 16.1. The molecule has 0 spiro atoms. The Balaban J connectivity index is 1.84. The first-order valence-corrected chi connectivity index (χ1v) is 7.62. The number of hydrogen-bond donors (Lipinski definition) is 1. The van der Waals surface area contributed by atoms with Crippen LogP contribution in [-0.2, 0) is 0 Å². The first-order valence-electron chi connectivity index (χ1n) is 7.62. The number of piperidine rings is 1. The van der Waals surface area contributed by atoms with Crippen LogP contribution in [0.2, 0.25) is 0 Å². The molecule has 0 aliphatic carbocycles. The Morgan fingerprint density at radius 1 is 1.29 bits per heavy atom. The van der Waals surface area contributed by atoms with Crippen LogP contribution in [0, 0.1) is 5.92 Å². The Morgan fingerprint density at radius 2 is 2.10 bits per heavy atom. The molecule has 0 atom stereocenters. The highest BCUT2D eigenvalue weighted by molar-refractivity contribution is 5.92. The molecule has 1 aliphatic rings. The second kappa shape index (κ2) is 6.31. The number of aromatic nitrogens is 1. The summed E-state index contributed by atoms with van der Waals surface area (Å²) < 4.78 is 5.30. The number of rotatable bonds is 4. The smallest absolute Gasteiger partial charge is 0.136 e. The number of ether oxygens (including phenoxy) is 1. The number of fused-ring (bicyclic) bond motifs is 1. The minimum Gasteiger partial charge on any atom is -0.497 e. The number of methoxy groups -OCH3 is 1. The second-order valence-corrected chi connectivity index (χ2v) is 5.80. The van der Waals surface area contributed by atoms with Crippen molar-refractivity contribution in [3.05, 3.63) is 30.5 Å². The molecular formula is C17H23N3O. The number of hydrogen-bond acceptors (Lipinski definition) is 4. The summed E-state index contributed by atoms with van der Waals surface area (Å²) in [5, 5.41) is 5.79. The van der Waals surface area contributed by atoms with Crippen LogP contribution in [0.15, 0.2) is 30.5 Å². The number of nitrogens with zero attached hydrogens (tertiary/aromatic N) is 2. The molecule has 1 fully saturated rings. The quantitative estimate of drug-likeness (QED) is 0.937. The summed E-state index contributed by atoms with van der Waals surface area (Å²) >= 11 is 0. The standard InChI is InChI=1S/C17H23N3O/c1-20(12-13-5-8-18-9-6-13)17-16-4-3-15(21-2)11-14(16)7-10-19-17/h3-4,7,10-11,13,18H,5-6,8-9,12H2,1-2H3. The molecule has 1 aliphatic heterocycles. The lowest BCUT2D eigenvalue weighted by Crippen LogP contribution is -2.34. The summed E-state index contributed by atoms with van der Waals surface area (Å²) in [5.74, 6) is 2.71. The Kier molecular flexibility index (Phi) is 4.25. The van der Waals surface area contributed by atoms with Gasteiger partial charge in [0, 0.05) is 25.2 Å². The summed E-state index contributed by atoms with van der Waals surface area (Å²) in [4.78, 5) is 6.89. The number of nitrogens with one attached hydrogen (secondary N) is 1. The van der Waals surface area contributed by atoms with Crippen LogP contribution in [0.5, 0.6) is 5.75 Å². The van der Waals surface area contributed by atoms with E-state index in [1.165, 1.54) is 23.6 Å². The van der Waals surface area contributed by atoms with E-state index in [9.17, 15) is 0 Å². The Morgan fingerprint density at radius 3 is 2.86 bits per heavy atom. The van der Waals surface area contributed by atoms with Gasteiger partial charge in [0.05, 0.1) is 7.11 Å². The maximum Gasteiger partial charge on any atom is 0.136 e. The van der Waals surface area contributed by atoms with Crippen molar-refractivity contribution in [1.82, 2.24) is 10.3 Å². The molecule has 2 heterocycles. The first-order chi connectivity index (χ1) is 10.3. The van der Waals surface area contributed by atoms with Crippen LogP contribution in [0.1, 0.15) is 12.8 Å². The lowest BCUT2D eigenvalue weighted by atomic mass is 9.97. The number of benzene rings is 1. The lowest BCUT2D eigenvalue weighted by Gasteiger charge is -2.28. The van der Waals surface area contributed by atoms with E-state index < -0.39 is 0 Å². The minimum absolute atomic E-state index is 0.756. The first kappa shape index (κ1) is 14.1. The third-order valence-corrected chi connectivity index (χ3v) is 4.30. The Hall–Kier alpha value is -1.81. The second-order valence-electron chi connectivity index (χ2n) is 5.80. The number of anilines is 1. The van der Waals surface area contributed by atoms with Crippen LogP contribution in [0.4, 0.5) is 5.82 Å². The fourth-order valence-corrected chi connectivity index (χ4v) is 3.11. The highest BCUT2D eigenvalue weighted by Gasteiger charge is 2.17. The van der Waals surface area contributed by atoms with Gasteiger partial charge in [-0.25, -0.2) is 4.98 Å². The van der Waals surface area contributed by atoms with Crippen LogP contribution in [-0.4, -0.2) is 38.8 Å². The maximum absolute atomic E-state index is 5.30. The molecule has 1 aromatic carbocycles. The zero-order chi connectivity index (χ0) is 14.7. The topological polar surface area (TPSA) is 37.4 Å². The molecule has 1 saturated heterocycles. The molecule has 0 unspecified atom stereocenters. The van der Waals surface area contributed by atoms with Gasteiger partial charge in [-0.3, -0.25) is 0 Å². The van der Waals surface area contributed by atoms with Gasteiger partial charge in [-0.05, 0) is 61.5 Å². The predicted molar refractivity (Wildman–Crippen MR) is 87.2 cm³/mol. The van der Waals surface area contributed by atoms with Crippen LogP contribution >= 0.6 is 0 Å². The van der Waals surface area contributed by atoms with Gasteiger partial charge in [-0.2, -0.15) is 0 Å². The highest BCUT2D eigenvalue weighted by Crippen LogP contribution is 2.28. The van der Waals surface area contributed by atoms with E-state index in [1.54, 1.807) is 7.11 Å². The molecule has 0 bridgehead atoms. The summed E-state index contributed by atoms with van der Waals surface area (Å²) in [6, 6.07) is 8.22. The fourth-order valence-electron chi connectivity index (χ4n) is 3.11. The predicted octanol–water partition coefficient (Wildman–Crippen LogP) is 2.68. The van der Waals surface area contributed by atoms with Crippen molar-refractivity contribution in [2.75, 3.05) is 38.7 Å². The third kappa shape index (κ3) is 3.10. The molecule has 112 valence electrons. The van der Waals surface area contributed by atoms with Crippen molar-refractivity contribution in [3.8, 4) is 5.75 Å². The molecule has 4 heteroatoms. The van der Waals surface area contributed by atoms with E-state index in [1.807, 2.05) is 18.3 Å². The highest BCUT2D eigenvalue weighted by atomic mass is 16.5. The van der Waals surface area contributed by atoms with Gasteiger partial charge in [0.1, 0.15) is 11.6 Å². The van der Waals surface area contributed by atoms with E-state index in [2.05, 4.69) is 34.4 Å². The zero-order valence-corrected chi connectivity index (χ0v) is 12.8. The van der Waals surface area contributed by atoms with Crippen molar-refractivity contribution in [2.24, 2.45) is 5.92 Å². The lowest BCUT2D eigenvalue weighted by molar-refractivity contribution is 0.377. The summed E-state index contributed by atoms with van der Waals surface area (Å²) in [7, 11) is 3.85. The molecule has 3 rings (SSSR count). The average molecular weight is 285 g/mol. The molecule has 4 nitrogen and oxygen atoms in total. The van der Waals surface area contributed by atoms with Gasteiger partial charge >= 0.3 is 0 Å². The van der Waals surface area contributed by atoms with Gasteiger partial charge in [0.2, 0.25) is 0 Å². The zero-order valence-electron chi connectivity index (χ0n) is 12.8. The van der Waals surface area contributed by atoms with Gasteiger partial charge in [-0.1, -0.05) is 0 Å². The minimum atomic E-state index is 0.756. The Labute approximate surface area is 126 Å². The van der Waals surface area contributed by atoms with Crippen molar-refractivity contribution < 1.29 is 4.74 Å². The van der Waals surface area contributed by atoms with E-state index in [4.69, 9.17) is 4.74 Å². The number of pyridine rings is 1. The molecule has 2 aromatic rings. The van der Waals surface area contributed by atoms with Gasteiger partial charge in [0.15, 0.2) is 0 Å². The van der Waals surface area contributed by atoms with Crippen LogP contribution in [0.25, 0.3) is 10.8 Å². The van der Waals surface area contributed by atoms with Gasteiger partial charge in [-0.15, -0.1) is 0 Å². The average Bonchev–Trinajstić information content (AvgIpc) is 2.54. The van der Waals surface area contributed by atoms with Crippen LogP contribution in [0.3, 0.4) is 0 Å². The van der Waals surface area contributed by atoms with Crippen molar-refractivity contribution in [1.29, 1.82) is 0 Å². The van der Waals surface area contributed by atoms with E-state index in [0.717, 1.165) is 37.1 Å².